The summed E-state index contributed by atoms with van der Waals surface area (Å²) in [5.41, 5.74) is 1.45. The molecule has 2 aliphatic rings. The van der Waals surface area contributed by atoms with Crippen LogP contribution in [0.25, 0.3) is 0 Å². The van der Waals surface area contributed by atoms with Crippen LogP contribution in [0, 0.1) is 24.7 Å². The zero-order valence-corrected chi connectivity index (χ0v) is 9.84. The SMILES string of the molecule is Cc1nc(N2C[C@@H]3[C@@H](CO)[C@@H]3C2)ccc1C=O. The molecule has 4 nitrogen and oxygen atoms in total. The number of rotatable bonds is 3. The van der Waals surface area contributed by atoms with E-state index in [1.54, 1.807) is 0 Å². The molecule has 3 rings (SSSR count). The second-order valence-corrected chi connectivity index (χ2v) is 5.04. The molecule has 0 amide bonds. The number of carbonyl (C=O) groups is 1. The van der Waals surface area contributed by atoms with Gasteiger partial charge < -0.3 is 10.0 Å². The molecule has 2 heterocycles. The van der Waals surface area contributed by atoms with Gasteiger partial charge in [0.15, 0.2) is 6.29 Å². The van der Waals surface area contributed by atoms with Gasteiger partial charge in [0.2, 0.25) is 0 Å². The maximum absolute atomic E-state index is 10.7. The Bertz CT molecular complexity index is 449. The summed E-state index contributed by atoms with van der Waals surface area (Å²) in [5, 5.41) is 9.11. The van der Waals surface area contributed by atoms with Crippen molar-refractivity contribution in [3.05, 3.63) is 23.4 Å². The molecule has 0 bridgehead atoms. The fourth-order valence-corrected chi connectivity index (χ4v) is 2.97. The first-order chi connectivity index (χ1) is 8.24. The molecular weight excluding hydrogens is 216 g/mol. The van der Waals surface area contributed by atoms with Crippen molar-refractivity contribution >= 4 is 12.1 Å². The zero-order chi connectivity index (χ0) is 12.0. The fourth-order valence-electron chi connectivity index (χ4n) is 2.97. The molecule has 1 aliphatic heterocycles. The van der Waals surface area contributed by atoms with Crippen molar-refractivity contribution in [2.24, 2.45) is 17.8 Å². The lowest BCUT2D eigenvalue weighted by molar-refractivity contribution is 0.112. The summed E-state index contributed by atoms with van der Waals surface area (Å²) in [4.78, 5) is 17.4. The molecule has 1 saturated heterocycles. The minimum Gasteiger partial charge on any atom is -0.396 e. The lowest BCUT2D eigenvalue weighted by Crippen LogP contribution is -2.25. The van der Waals surface area contributed by atoms with Crippen molar-refractivity contribution in [2.75, 3.05) is 24.6 Å². The Labute approximate surface area is 100 Å². The van der Waals surface area contributed by atoms with Crippen LogP contribution in [-0.2, 0) is 0 Å². The number of pyridine rings is 1. The summed E-state index contributed by atoms with van der Waals surface area (Å²) in [7, 11) is 0. The van der Waals surface area contributed by atoms with E-state index in [0.717, 1.165) is 30.9 Å². The second kappa shape index (κ2) is 3.81. The number of hydrogen-bond donors (Lipinski definition) is 1. The van der Waals surface area contributed by atoms with E-state index in [1.165, 1.54) is 0 Å². The molecule has 2 fully saturated rings. The predicted octanol–water partition coefficient (Wildman–Crippen LogP) is 0.877. The number of aliphatic hydroxyl groups excluding tert-OH is 1. The van der Waals surface area contributed by atoms with Crippen LogP contribution in [0.5, 0.6) is 0 Å². The van der Waals surface area contributed by atoms with E-state index < -0.39 is 0 Å². The van der Waals surface area contributed by atoms with Crippen LogP contribution in [0.3, 0.4) is 0 Å². The minimum atomic E-state index is 0.319. The largest absolute Gasteiger partial charge is 0.396 e. The van der Waals surface area contributed by atoms with Crippen molar-refractivity contribution in [2.45, 2.75) is 6.92 Å². The van der Waals surface area contributed by atoms with Gasteiger partial charge in [-0.2, -0.15) is 0 Å². The van der Waals surface area contributed by atoms with Gasteiger partial charge in [-0.3, -0.25) is 4.79 Å². The van der Waals surface area contributed by atoms with E-state index in [0.29, 0.717) is 29.9 Å². The number of aldehydes is 1. The summed E-state index contributed by atoms with van der Waals surface area (Å²) < 4.78 is 0. The van der Waals surface area contributed by atoms with E-state index in [1.807, 2.05) is 19.1 Å². The number of anilines is 1. The summed E-state index contributed by atoms with van der Waals surface area (Å²) >= 11 is 0. The lowest BCUT2D eigenvalue weighted by Gasteiger charge is -2.21. The Morgan fingerprint density at radius 3 is 2.71 bits per heavy atom. The third-order valence-electron chi connectivity index (χ3n) is 4.15. The molecule has 0 spiro atoms. The summed E-state index contributed by atoms with van der Waals surface area (Å²) in [6, 6.07) is 3.74. The molecule has 1 aliphatic carbocycles. The molecule has 1 saturated carbocycles. The number of piperidine rings is 1. The quantitative estimate of drug-likeness (QED) is 0.786. The molecular formula is C13H16N2O2. The van der Waals surface area contributed by atoms with Gasteiger partial charge in [-0.1, -0.05) is 0 Å². The number of hydrogen-bond acceptors (Lipinski definition) is 4. The van der Waals surface area contributed by atoms with Crippen molar-refractivity contribution in [1.82, 2.24) is 4.98 Å². The van der Waals surface area contributed by atoms with Crippen molar-refractivity contribution in [3.63, 3.8) is 0 Å². The van der Waals surface area contributed by atoms with Gasteiger partial charge >= 0.3 is 0 Å². The third kappa shape index (κ3) is 1.63. The molecule has 90 valence electrons. The maximum atomic E-state index is 10.7. The molecule has 1 aromatic heterocycles. The maximum Gasteiger partial charge on any atom is 0.151 e. The fraction of sp³-hybridized carbons (Fsp3) is 0.538. The van der Waals surface area contributed by atoms with Crippen LogP contribution in [0.4, 0.5) is 5.82 Å². The smallest absolute Gasteiger partial charge is 0.151 e. The summed E-state index contributed by atoms with van der Waals surface area (Å²) in [5.74, 6) is 2.76. The highest BCUT2D eigenvalue weighted by molar-refractivity contribution is 5.76. The van der Waals surface area contributed by atoms with Crippen LogP contribution < -0.4 is 4.90 Å². The molecule has 1 N–H and O–H groups in total. The minimum absolute atomic E-state index is 0.319. The number of aryl methyl sites for hydroxylation is 1. The van der Waals surface area contributed by atoms with Gasteiger partial charge in [0.1, 0.15) is 5.82 Å². The molecule has 1 aromatic rings. The van der Waals surface area contributed by atoms with E-state index in [9.17, 15) is 4.79 Å². The Morgan fingerprint density at radius 2 is 2.18 bits per heavy atom. The first kappa shape index (κ1) is 10.7. The van der Waals surface area contributed by atoms with E-state index in [-0.39, 0.29) is 0 Å². The normalized spacial score (nSPS) is 30.2. The van der Waals surface area contributed by atoms with Gasteiger partial charge in [0, 0.05) is 25.3 Å². The second-order valence-electron chi connectivity index (χ2n) is 5.04. The Balaban J connectivity index is 1.75. The number of nitrogens with zero attached hydrogens (tertiary/aromatic N) is 2. The third-order valence-corrected chi connectivity index (χ3v) is 4.15. The van der Waals surface area contributed by atoms with Crippen molar-refractivity contribution in [3.8, 4) is 0 Å². The highest BCUT2D eigenvalue weighted by Crippen LogP contribution is 2.51. The topological polar surface area (TPSA) is 53.4 Å². The van der Waals surface area contributed by atoms with Gasteiger partial charge in [-0.15, -0.1) is 0 Å². The number of carbonyl (C=O) groups excluding carboxylic acids is 1. The van der Waals surface area contributed by atoms with Gasteiger partial charge in [-0.05, 0) is 36.8 Å². The number of aliphatic hydroxyl groups is 1. The predicted molar refractivity (Wildman–Crippen MR) is 64.1 cm³/mol. The number of aromatic nitrogens is 1. The monoisotopic (exact) mass is 232 g/mol. The average Bonchev–Trinajstić information content (AvgIpc) is 2.81. The van der Waals surface area contributed by atoms with Crippen molar-refractivity contribution < 1.29 is 9.90 Å². The Morgan fingerprint density at radius 1 is 1.47 bits per heavy atom. The van der Waals surface area contributed by atoms with Gasteiger partial charge in [0.05, 0.1) is 5.69 Å². The molecule has 17 heavy (non-hydrogen) atoms. The van der Waals surface area contributed by atoms with Crippen LogP contribution in [0.1, 0.15) is 16.1 Å². The molecule has 4 heteroatoms. The highest BCUT2D eigenvalue weighted by Gasteiger charge is 2.55. The van der Waals surface area contributed by atoms with Gasteiger partial charge in [-0.25, -0.2) is 4.98 Å². The number of fused-ring (bicyclic) bond motifs is 1. The Hall–Kier alpha value is -1.42. The van der Waals surface area contributed by atoms with Crippen molar-refractivity contribution in [1.29, 1.82) is 0 Å². The standard InChI is InChI=1S/C13H16N2O2/c1-8-9(6-16)2-3-13(14-8)15-4-10-11(5-15)12(10)7-17/h2-3,6,10-12,17H,4-5,7H2,1H3/t10-,11+,12+. The summed E-state index contributed by atoms with van der Waals surface area (Å²) in [6.07, 6.45) is 0.843. The first-order valence-corrected chi connectivity index (χ1v) is 6.03. The molecule has 0 radical (unpaired) electrons. The van der Waals surface area contributed by atoms with Crippen LogP contribution in [-0.4, -0.2) is 36.1 Å². The van der Waals surface area contributed by atoms with Crippen LogP contribution in [0.2, 0.25) is 0 Å². The lowest BCUT2D eigenvalue weighted by atomic mass is 10.2. The molecule has 3 atom stereocenters. The zero-order valence-electron chi connectivity index (χ0n) is 9.84. The van der Waals surface area contributed by atoms with E-state index >= 15 is 0 Å². The van der Waals surface area contributed by atoms with E-state index in [2.05, 4.69) is 9.88 Å². The summed E-state index contributed by atoms with van der Waals surface area (Å²) in [6.45, 7) is 4.16. The molecule has 0 aromatic carbocycles. The average molecular weight is 232 g/mol. The van der Waals surface area contributed by atoms with E-state index in [4.69, 9.17) is 5.11 Å². The molecule has 0 unspecified atom stereocenters. The van der Waals surface area contributed by atoms with Crippen LogP contribution in [0.15, 0.2) is 12.1 Å². The highest BCUT2D eigenvalue weighted by atomic mass is 16.3. The first-order valence-electron chi connectivity index (χ1n) is 6.03. The Kier molecular flexibility index (Phi) is 2.40. The van der Waals surface area contributed by atoms with Gasteiger partial charge in [0.25, 0.3) is 0 Å². The van der Waals surface area contributed by atoms with Crippen LogP contribution >= 0.6 is 0 Å².